The number of benzene rings is 2. The van der Waals surface area contributed by atoms with Crippen LogP contribution in [0.3, 0.4) is 0 Å². The van der Waals surface area contributed by atoms with Crippen molar-refractivity contribution in [3.05, 3.63) is 65.2 Å². The molecule has 0 aromatic heterocycles. The Bertz CT molecular complexity index is 1170. The average Bonchev–Trinajstić information content (AvgIpc) is 2.82. The summed E-state index contributed by atoms with van der Waals surface area (Å²) < 4.78 is 67.6. The van der Waals surface area contributed by atoms with Crippen LogP contribution < -0.4 is 5.32 Å². The van der Waals surface area contributed by atoms with Crippen LogP contribution >= 0.6 is 0 Å². The van der Waals surface area contributed by atoms with Crippen molar-refractivity contribution in [2.75, 3.05) is 20.1 Å². The van der Waals surface area contributed by atoms with Crippen LogP contribution in [0.2, 0.25) is 0 Å². The monoisotopic (exact) mass is 558 g/mol. The number of hydrogen-bond acceptors (Lipinski definition) is 5. The Morgan fingerprint density at radius 2 is 1.74 bits per heavy atom. The number of likely N-dealkylation sites (N-methyl/N-ethyl adjacent to an activating group) is 1. The maximum absolute atomic E-state index is 13.5. The molecule has 0 amide bonds. The smallest absolute Gasteiger partial charge is 0.416 e. The molecule has 2 rings (SSSR count). The fourth-order valence-corrected chi connectivity index (χ4v) is 5.39. The standard InChI is InChI=1S/C27H37F3N2O5S/c1-19(13-25(34)35)21-14-22(27(28,29)30)16-24(15-21)38(36,37)32(4)18-23(33)17-31-26(2,3)12-8-11-20-9-6-5-7-10-20/h5-7,9-10,14-16,19,23,31,33H,8,11-13,17-18H2,1-4H3,(H,34,35)/t19?,23-/m1/s1. The molecule has 3 N–H and O–H groups in total. The zero-order valence-electron chi connectivity index (χ0n) is 22.1. The van der Waals surface area contributed by atoms with Crippen molar-refractivity contribution < 1.29 is 36.6 Å². The number of carboxylic acid groups (broad SMARTS) is 1. The summed E-state index contributed by atoms with van der Waals surface area (Å²) in [6.45, 7) is 5.12. The van der Waals surface area contributed by atoms with Gasteiger partial charge in [-0.2, -0.15) is 17.5 Å². The van der Waals surface area contributed by atoms with E-state index in [4.69, 9.17) is 5.11 Å². The van der Waals surface area contributed by atoms with Gasteiger partial charge in [-0.25, -0.2) is 8.42 Å². The summed E-state index contributed by atoms with van der Waals surface area (Å²) in [5.41, 5.74) is -0.332. The van der Waals surface area contributed by atoms with E-state index in [0.717, 1.165) is 35.7 Å². The van der Waals surface area contributed by atoms with Gasteiger partial charge in [0.05, 0.1) is 23.0 Å². The van der Waals surface area contributed by atoms with E-state index in [-0.39, 0.29) is 24.2 Å². The van der Waals surface area contributed by atoms with Gasteiger partial charge in [0.2, 0.25) is 10.0 Å². The van der Waals surface area contributed by atoms with Gasteiger partial charge in [0.15, 0.2) is 0 Å². The van der Waals surface area contributed by atoms with Crippen LogP contribution in [0, 0.1) is 0 Å². The van der Waals surface area contributed by atoms with Gasteiger partial charge in [-0.1, -0.05) is 37.3 Å². The number of carbonyl (C=O) groups is 1. The van der Waals surface area contributed by atoms with Crippen molar-refractivity contribution in [3.8, 4) is 0 Å². The summed E-state index contributed by atoms with van der Waals surface area (Å²) in [5, 5.41) is 22.8. The van der Waals surface area contributed by atoms with E-state index in [0.29, 0.717) is 6.07 Å². The highest BCUT2D eigenvalue weighted by Gasteiger charge is 2.34. The summed E-state index contributed by atoms with van der Waals surface area (Å²) in [6.07, 6.45) is -3.77. The Labute approximate surface area is 222 Å². The van der Waals surface area contributed by atoms with Crippen LogP contribution in [0.4, 0.5) is 13.2 Å². The highest BCUT2D eigenvalue weighted by Crippen LogP contribution is 2.34. The summed E-state index contributed by atoms with van der Waals surface area (Å²) in [5.74, 6) is -2.05. The van der Waals surface area contributed by atoms with Crippen LogP contribution in [0.25, 0.3) is 0 Å². The number of carboxylic acids is 1. The Morgan fingerprint density at radius 3 is 2.32 bits per heavy atom. The molecule has 38 heavy (non-hydrogen) atoms. The van der Waals surface area contributed by atoms with Gasteiger partial charge in [-0.05, 0) is 68.4 Å². The van der Waals surface area contributed by atoms with E-state index in [1.807, 2.05) is 32.0 Å². The SMILES string of the molecule is CC(CC(=O)O)c1cc(C(F)(F)F)cc(S(=O)(=O)N(C)C[C@H](O)CNC(C)(C)CCCc2ccccc2)c1. The van der Waals surface area contributed by atoms with Crippen molar-refractivity contribution in [1.82, 2.24) is 9.62 Å². The number of nitrogens with one attached hydrogen (secondary N) is 1. The molecule has 0 aliphatic carbocycles. The molecule has 0 saturated heterocycles. The molecule has 0 bridgehead atoms. The molecule has 0 aliphatic heterocycles. The molecular formula is C27H37F3N2O5S. The van der Waals surface area contributed by atoms with Crippen LogP contribution in [-0.2, 0) is 27.4 Å². The van der Waals surface area contributed by atoms with Crippen molar-refractivity contribution in [3.63, 3.8) is 0 Å². The quantitative estimate of drug-likeness (QED) is 0.312. The van der Waals surface area contributed by atoms with E-state index in [2.05, 4.69) is 17.4 Å². The molecule has 1 unspecified atom stereocenters. The lowest BCUT2D eigenvalue weighted by Gasteiger charge is -2.29. The summed E-state index contributed by atoms with van der Waals surface area (Å²) in [7, 11) is -3.22. The maximum Gasteiger partial charge on any atom is 0.416 e. The number of β-amino-alcohol motifs (C(OH)–C–C–N with tert-alkyl or cyclic N) is 1. The van der Waals surface area contributed by atoms with E-state index in [1.54, 1.807) is 0 Å². The Kier molecular flexibility index (Phi) is 10.9. The number of aliphatic hydroxyl groups excluding tert-OH is 1. The molecule has 212 valence electrons. The third-order valence-corrected chi connectivity index (χ3v) is 8.21. The Morgan fingerprint density at radius 1 is 1.11 bits per heavy atom. The largest absolute Gasteiger partial charge is 0.481 e. The number of alkyl halides is 3. The molecule has 0 spiro atoms. The molecule has 2 atom stereocenters. The van der Waals surface area contributed by atoms with Gasteiger partial charge in [-0.3, -0.25) is 4.79 Å². The fraction of sp³-hybridized carbons (Fsp3) is 0.519. The Balaban J connectivity index is 2.06. The summed E-state index contributed by atoms with van der Waals surface area (Å²) in [6, 6.07) is 12.4. The predicted octanol–water partition coefficient (Wildman–Crippen LogP) is 4.66. The zero-order valence-corrected chi connectivity index (χ0v) is 22.9. The number of aliphatic hydroxyl groups is 1. The summed E-state index contributed by atoms with van der Waals surface area (Å²) >= 11 is 0. The number of halogens is 3. The second-order valence-electron chi connectivity index (χ2n) is 10.3. The zero-order chi connectivity index (χ0) is 28.7. The number of aryl methyl sites for hydroxylation is 1. The minimum absolute atomic E-state index is 0.0475. The topological polar surface area (TPSA) is 107 Å². The third kappa shape index (κ3) is 9.68. The van der Waals surface area contributed by atoms with E-state index in [9.17, 15) is 31.5 Å². The number of sulfonamides is 1. The normalized spacial score (nSPS) is 14.4. The van der Waals surface area contributed by atoms with E-state index >= 15 is 0 Å². The number of aliphatic carboxylic acids is 1. The number of hydrogen-bond donors (Lipinski definition) is 3. The van der Waals surface area contributed by atoms with Crippen molar-refractivity contribution in [2.45, 2.75) is 75.1 Å². The molecule has 0 aliphatic rings. The van der Waals surface area contributed by atoms with Gasteiger partial charge in [-0.15, -0.1) is 0 Å². The maximum atomic E-state index is 13.5. The third-order valence-electron chi connectivity index (χ3n) is 6.41. The van der Waals surface area contributed by atoms with Gasteiger partial charge < -0.3 is 15.5 Å². The number of rotatable bonds is 14. The first-order valence-corrected chi connectivity index (χ1v) is 13.8. The van der Waals surface area contributed by atoms with Gasteiger partial charge >= 0.3 is 12.1 Å². The molecular weight excluding hydrogens is 521 g/mol. The minimum atomic E-state index is -4.82. The summed E-state index contributed by atoms with van der Waals surface area (Å²) in [4.78, 5) is 10.4. The lowest BCUT2D eigenvalue weighted by Crippen LogP contribution is -2.46. The Hall–Kier alpha value is -2.47. The highest BCUT2D eigenvalue weighted by molar-refractivity contribution is 7.89. The van der Waals surface area contributed by atoms with Gasteiger partial charge in [0.1, 0.15) is 0 Å². The first-order valence-electron chi connectivity index (χ1n) is 12.4. The molecule has 2 aromatic carbocycles. The van der Waals surface area contributed by atoms with Gasteiger partial charge in [0.25, 0.3) is 0 Å². The second kappa shape index (κ2) is 13.1. The predicted molar refractivity (Wildman–Crippen MR) is 139 cm³/mol. The number of nitrogens with zero attached hydrogens (tertiary/aromatic N) is 1. The van der Waals surface area contributed by atoms with Crippen LogP contribution in [0.15, 0.2) is 53.4 Å². The molecule has 0 radical (unpaired) electrons. The van der Waals surface area contributed by atoms with Crippen LogP contribution in [0.1, 0.15) is 62.6 Å². The van der Waals surface area contributed by atoms with Crippen molar-refractivity contribution in [2.24, 2.45) is 0 Å². The first-order chi connectivity index (χ1) is 17.5. The minimum Gasteiger partial charge on any atom is -0.481 e. The lowest BCUT2D eigenvalue weighted by molar-refractivity contribution is -0.138. The van der Waals surface area contributed by atoms with Crippen LogP contribution in [-0.4, -0.2) is 60.7 Å². The van der Waals surface area contributed by atoms with Crippen molar-refractivity contribution >= 4 is 16.0 Å². The molecule has 0 saturated carbocycles. The second-order valence-corrected chi connectivity index (χ2v) is 12.4. The lowest BCUT2D eigenvalue weighted by atomic mass is 9.95. The molecule has 7 nitrogen and oxygen atoms in total. The van der Waals surface area contributed by atoms with E-state index in [1.165, 1.54) is 19.5 Å². The molecule has 11 heteroatoms. The fourth-order valence-electron chi connectivity index (χ4n) is 4.10. The first kappa shape index (κ1) is 31.7. The molecule has 0 heterocycles. The average molecular weight is 559 g/mol. The van der Waals surface area contributed by atoms with Gasteiger partial charge in [0, 0.05) is 25.7 Å². The van der Waals surface area contributed by atoms with E-state index < -0.39 is 51.1 Å². The van der Waals surface area contributed by atoms with Crippen LogP contribution in [0.5, 0.6) is 0 Å². The molecule has 0 fully saturated rings. The highest BCUT2D eigenvalue weighted by atomic mass is 32.2. The molecule has 2 aromatic rings. The van der Waals surface area contributed by atoms with Crippen molar-refractivity contribution in [1.29, 1.82) is 0 Å².